The van der Waals surface area contributed by atoms with Crippen molar-refractivity contribution in [3.8, 4) is 0 Å². The van der Waals surface area contributed by atoms with Gasteiger partial charge in [0, 0.05) is 12.0 Å². The lowest BCUT2D eigenvalue weighted by atomic mass is 9.86. The predicted molar refractivity (Wildman–Crippen MR) is 69.9 cm³/mol. The first kappa shape index (κ1) is 13.1. The molecule has 1 fully saturated rings. The summed E-state index contributed by atoms with van der Waals surface area (Å²) in [5, 5.41) is 10.3. The van der Waals surface area contributed by atoms with Crippen molar-refractivity contribution in [2.24, 2.45) is 5.92 Å². The molecule has 2 aliphatic rings. The summed E-state index contributed by atoms with van der Waals surface area (Å²) in [6.45, 7) is 7.81. The fourth-order valence-corrected chi connectivity index (χ4v) is 2.67. The number of rotatable bonds is 0. The number of hydrogen-bond donors (Lipinski definition) is 1. The summed E-state index contributed by atoms with van der Waals surface area (Å²) in [7, 11) is 0. The van der Waals surface area contributed by atoms with Crippen LogP contribution < -0.4 is 0 Å². The molecule has 0 radical (unpaired) electrons. The molecule has 18 heavy (non-hydrogen) atoms. The molecule has 0 amide bonds. The predicted octanol–water partition coefficient (Wildman–Crippen LogP) is 2.52. The third-order valence-corrected chi connectivity index (χ3v) is 3.70. The molecule has 0 aromatic heterocycles. The minimum Gasteiger partial charge on any atom is -0.458 e. The number of aliphatic hydroxyl groups is 1. The van der Waals surface area contributed by atoms with Crippen molar-refractivity contribution < 1.29 is 14.6 Å². The Hall–Kier alpha value is -1.35. The van der Waals surface area contributed by atoms with Gasteiger partial charge in [0.15, 0.2) is 0 Å². The molecule has 98 valence electrons. The van der Waals surface area contributed by atoms with Gasteiger partial charge in [-0.3, -0.25) is 0 Å². The molecule has 1 aliphatic heterocycles. The zero-order valence-corrected chi connectivity index (χ0v) is 11.0. The second-order valence-electron chi connectivity index (χ2n) is 5.29. The average Bonchev–Trinajstić information content (AvgIpc) is 2.53. The smallest absolute Gasteiger partial charge is 0.334 e. The van der Waals surface area contributed by atoms with Gasteiger partial charge in [0.05, 0.1) is 12.0 Å². The van der Waals surface area contributed by atoms with E-state index in [1.54, 1.807) is 0 Å². The molecular formula is C15H20O3. The van der Waals surface area contributed by atoms with Crippen LogP contribution >= 0.6 is 0 Å². The fraction of sp³-hybridized carbons (Fsp3) is 0.533. The van der Waals surface area contributed by atoms with Crippen LogP contribution in [0.25, 0.3) is 0 Å². The van der Waals surface area contributed by atoms with E-state index >= 15 is 0 Å². The highest BCUT2D eigenvalue weighted by Crippen LogP contribution is 2.34. The number of aliphatic hydroxyl groups excluding tert-OH is 1. The first-order chi connectivity index (χ1) is 8.49. The Morgan fingerprint density at radius 1 is 1.39 bits per heavy atom. The van der Waals surface area contributed by atoms with E-state index in [1.807, 2.05) is 19.9 Å². The van der Waals surface area contributed by atoms with Crippen LogP contribution in [0, 0.1) is 5.92 Å². The Morgan fingerprint density at radius 3 is 2.83 bits per heavy atom. The lowest BCUT2D eigenvalue weighted by Crippen LogP contribution is -2.28. The Balaban J connectivity index is 2.32. The fourth-order valence-electron chi connectivity index (χ4n) is 2.67. The number of fused-ring (bicyclic) bond motifs is 1. The molecule has 1 saturated heterocycles. The van der Waals surface area contributed by atoms with Crippen LogP contribution in [0.5, 0.6) is 0 Å². The quantitative estimate of drug-likeness (QED) is 0.407. The molecule has 3 heteroatoms. The first-order valence-corrected chi connectivity index (χ1v) is 6.40. The summed E-state index contributed by atoms with van der Waals surface area (Å²) >= 11 is 0. The highest BCUT2D eigenvalue weighted by Gasteiger charge is 2.42. The van der Waals surface area contributed by atoms with Gasteiger partial charge in [-0.25, -0.2) is 4.79 Å². The van der Waals surface area contributed by atoms with Gasteiger partial charge in [0.25, 0.3) is 0 Å². The van der Waals surface area contributed by atoms with Gasteiger partial charge in [-0.15, -0.1) is 0 Å². The normalized spacial score (nSPS) is 39.2. The molecule has 0 aromatic rings. The molecular weight excluding hydrogens is 228 g/mol. The van der Waals surface area contributed by atoms with Gasteiger partial charge in [-0.2, -0.15) is 0 Å². The van der Waals surface area contributed by atoms with Gasteiger partial charge in [-0.1, -0.05) is 29.9 Å². The van der Waals surface area contributed by atoms with E-state index in [2.05, 4.69) is 12.7 Å². The van der Waals surface area contributed by atoms with E-state index in [1.165, 1.54) is 5.57 Å². The Labute approximate surface area is 108 Å². The number of carbonyl (C=O) groups is 1. The lowest BCUT2D eigenvalue weighted by Gasteiger charge is -2.22. The molecule has 0 spiro atoms. The van der Waals surface area contributed by atoms with Crippen LogP contribution in [0.15, 0.2) is 35.5 Å². The van der Waals surface area contributed by atoms with Crippen LogP contribution in [0.3, 0.4) is 0 Å². The molecule has 0 aromatic carbocycles. The highest BCUT2D eigenvalue weighted by atomic mass is 16.6. The summed E-state index contributed by atoms with van der Waals surface area (Å²) in [5.74, 6) is -0.684. The third kappa shape index (κ3) is 2.56. The molecule has 1 aliphatic carbocycles. The molecule has 2 rings (SSSR count). The van der Waals surface area contributed by atoms with E-state index in [4.69, 9.17) is 4.74 Å². The van der Waals surface area contributed by atoms with Crippen LogP contribution in [-0.2, 0) is 9.53 Å². The standard InChI is InChI=1S/C15H20O3/c1-9-5-4-6-10(2)8-13-14(12(16)7-9)11(3)15(17)18-13/h6-7,12-14,16H,3-5,8H2,1-2H3/b9-7+,10-6+/t12-,13-,14+/m0/s1. The molecule has 0 bridgehead atoms. The maximum Gasteiger partial charge on any atom is 0.334 e. The van der Waals surface area contributed by atoms with Crippen molar-refractivity contribution in [3.63, 3.8) is 0 Å². The number of allylic oxidation sites excluding steroid dienone is 2. The second kappa shape index (κ2) is 5.11. The van der Waals surface area contributed by atoms with Gasteiger partial charge >= 0.3 is 5.97 Å². The molecule has 3 atom stereocenters. The summed E-state index contributed by atoms with van der Waals surface area (Å²) in [6.07, 6.45) is 5.64. The summed E-state index contributed by atoms with van der Waals surface area (Å²) in [6, 6.07) is 0. The number of ether oxygens (including phenoxy) is 1. The van der Waals surface area contributed by atoms with E-state index < -0.39 is 6.10 Å². The minimum atomic E-state index is -0.681. The van der Waals surface area contributed by atoms with Crippen molar-refractivity contribution in [1.29, 1.82) is 0 Å². The highest BCUT2D eigenvalue weighted by molar-refractivity contribution is 5.91. The molecule has 0 saturated carbocycles. The van der Waals surface area contributed by atoms with Crippen LogP contribution in [0.4, 0.5) is 0 Å². The topological polar surface area (TPSA) is 46.5 Å². The summed E-state index contributed by atoms with van der Waals surface area (Å²) < 4.78 is 5.32. The van der Waals surface area contributed by atoms with Crippen molar-refractivity contribution >= 4 is 5.97 Å². The Kier molecular flexibility index (Phi) is 3.71. The Morgan fingerprint density at radius 2 is 2.11 bits per heavy atom. The molecule has 0 unspecified atom stereocenters. The van der Waals surface area contributed by atoms with E-state index in [9.17, 15) is 9.90 Å². The molecule has 1 heterocycles. The van der Waals surface area contributed by atoms with Crippen LogP contribution in [0.1, 0.15) is 33.1 Å². The van der Waals surface area contributed by atoms with Crippen molar-refractivity contribution in [1.82, 2.24) is 0 Å². The first-order valence-electron chi connectivity index (χ1n) is 6.40. The van der Waals surface area contributed by atoms with Crippen LogP contribution in [-0.4, -0.2) is 23.3 Å². The van der Waals surface area contributed by atoms with E-state index in [-0.39, 0.29) is 18.0 Å². The van der Waals surface area contributed by atoms with Gasteiger partial charge in [0.2, 0.25) is 0 Å². The number of carbonyl (C=O) groups excluding carboxylic acids is 1. The van der Waals surface area contributed by atoms with Crippen molar-refractivity contribution in [2.75, 3.05) is 0 Å². The van der Waals surface area contributed by atoms with Gasteiger partial charge in [-0.05, 0) is 26.7 Å². The van der Waals surface area contributed by atoms with E-state index in [0.29, 0.717) is 12.0 Å². The maximum atomic E-state index is 11.6. The third-order valence-electron chi connectivity index (χ3n) is 3.70. The zero-order chi connectivity index (χ0) is 13.3. The second-order valence-corrected chi connectivity index (χ2v) is 5.29. The SMILES string of the molecule is C=C1C(=O)O[C@H]2C/C(C)=C/CC/C(C)=C/[C@H](O)[C@@H]12. The van der Waals surface area contributed by atoms with Crippen molar-refractivity contribution in [2.45, 2.75) is 45.3 Å². The lowest BCUT2D eigenvalue weighted by molar-refractivity contribution is -0.139. The molecule has 1 N–H and O–H groups in total. The van der Waals surface area contributed by atoms with E-state index in [0.717, 1.165) is 18.4 Å². The summed E-state index contributed by atoms with van der Waals surface area (Å²) in [5.41, 5.74) is 2.73. The van der Waals surface area contributed by atoms with Gasteiger partial charge < -0.3 is 9.84 Å². The Bertz CT molecular complexity index is 431. The maximum absolute atomic E-state index is 11.6. The zero-order valence-electron chi connectivity index (χ0n) is 11.0. The van der Waals surface area contributed by atoms with Gasteiger partial charge in [0.1, 0.15) is 6.10 Å². The van der Waals surface area contributed by atoms with Crippen molar-refractivity contribution in [3.05, 3.63) is 35.5 Å². The number of esters is 1. The largest absolute Gasteiger partial charge is 0.458 e. The van der Waals surface area contributed by atoms with Crippen LogP contribution in [0.2, 0.25) is 0 Å². The average molecular weight is 248 g/mol. The minimum absolute atomic E-state index is 0.279. The summed E-state index contributed by atoms with van der Waals surface area (Å²) in [4.78, 5) is 11.6. The monoisotopic (exact) mass is 248 g/mol. The number of hydrogen-bond acceptors (Lipinski definition) is 3. The molecule has 3 nitrogen and oxygen atoms in total.